The molecule has 107 heavy (non-hydrogen) atoms. The third kappa shape index (κ3) is 21.8. The maximum absolute atomic E-state index is 14.3. The lowest BCUT2D eigenvalue weighted by atomic mass is 9.71. The van der Waals surface area contributed by atoms with Crippen molar-refractivity contribution in [3.8, 4) is 10.4 Å². The van der Waals surface area contributed by atoms with Crippen molar-refractivity contribution < 1.29 is 42.4 Å². The Kier molecular flexibility index (Phi) is 27.1. The normalized spacial score (nSPS) is 19.9. The molecule has 0 bridgehead atoms. The zero-order valence-electron chi connectivity index (χ0n) is 62.8. The van der Waals surface area contributed by atoms with Gasteiger partial charge in [-0.05, 0) is 166 Å². The zero-order chi connectivity index (χ0) is 76.2. The van der Waals surface area contributed by atoms with Gasteiger partial charge in [-0.15, -0.1) is 23.1 Å². The molecule has 6 atom stereocenters. The number of nitro benzene ring substituents is 1. The van der Waals surface area contributed by atoms with E-state index in [4.69, 9.17) is 11.6 Å². The second-order valence-corrected chi connectivity index (χ2v) is 35.2. The molecule has 5 aliphatic rings. The van der Waals surface area contributed by atoms with Crippen LogP contribution in [0.5, 0.6) is 0 Å². The smallest absolute Gasteiger partial charge is 0.293 e. The van der Waals surface area contributed by atoms with Gasteiger partial charge in [0.05, 0.1) is 38.0 Å². The molecule has 574 valence electrons. The van der Waals surface area contributed by atoms with Crippen LogP contribution in [0.4, 0.5) is 17.1 Å². The first-order valence-corrected chi connectivity index (χ1v) is 41.5. The summed E-state index contributed by atoms with van der Waals surface area (Å²) in [6.07, 6.45) is 8.67. The second-order valence-electron chi connectivity index (χ2n) is 31.2. The van der Waals surface area contributed by atoms with Crippen LogP contribution < -0.4 is 25.6 Å². The van der Waals surface area contributed by atoms with Crippen LogP contribution in [0, 0.1) is 27.9 Å². The fraction of sp³-hybridized carbons (Fsp3) is 0.506. The summed E-state index contributed by atoms with van der Waals surface area (Å²) >= 11 is 9.63. The number of aliphatic hydroxyl groups is 1. The first-order chi connectivity index (χ1) is 51.1. The molecule has 22 nitrogen and oxygen atoms in total. The molecule has 4 heterocycles. The number of β-amino-alcohol motifs (C(OH)–C–C–N with tert-alkyl or cyclic N) is 1. The molecular weight excluding hydrogens is 1430 g/mol. The standard InChI is InChI=1S/C81H105ClN12O10S3/c1-55(57-19-21-59(22-20-57)75-56(2)83-54-106-75)84-78(99)72-47-66(95)51-93(72)79(100)76(80(3,4)5)86-73(96)17-13-8-9-14-18-74(97)92-45-41-90(42-46-92)53-81(6)37-35-69(58-23-27-62(82)28-24-58)61(49-81)50-89-39-43-91(44-40-89)65-29-25-60(26-30-65)77(98)87-107(103,104)68-33-34-70(71(48-68)94(101)102)85-63(36-38-88(7)64-31-32-64)52-105-67-15-11-10-12-16-67/h10-12,15-16,19-30,33-34,48,54-55,63-64,66,72,76,85,95H,8-9,13-14,17-18,31-32,35-47,49-53H2,1-7H3,(H,84,99)(H,86,96)(H,87,98)/t55-,63+,66+,72-,76+,81?/m0/s1. The number of piperazine rings is 2. The Morgan fingerprint density at radius 2 is 1.51 bits per heavy atom. The molecule has 11 rings (SSSR count). The van der Waals surface area contributed by atoms with E-state index in [1.807, 2.05) is 124 Å². The summed E-state index contributed by atoms with van der Waals surface area (Å²) in [6, 6.07) is 34.9. The lowest BCUT2D eigenvalue weighted by Crippen LogP contribution is -2.57. The van der Waals surface area contributed by atoms with Crippen molar-refractivity contribution in [2.45, 2.75) is 171 Å². The van der Waals surface area contributed by atoms with E-state index in [1.54, 1.807) is 35.2 Å². The van der Waals surface area contributed by atoms with Gasteiger partial charge in [0.2, 0.25) is 23.6 Å². The number of halogens is 1. The van der Waals surface area contributed by atoms with E-state index in [1.165, 1.54) is 33.7 Å². The van der Waals surface area contributed by atoms with Crippen LogP contribution in [-0.2, 0) is 29.2 Å². The van der Waals surface area contributed by atoms with Crippen LogP contribution in [0.3, 0.4) is 0 Å². The number of thiazole rings is 1. The Hall–Kier alpha value is -7.75. The number of thioether (sulfide) groups is 1. The van der Waals surface area contributed by atoms with Crippen LogP contribution in [0.2, 0.25) is 5.02 Å². The first kappa shape index (κ1) is 80.3. The largest absolute Gasteiger partial charge is 0.391 e. The number of aromatic nitrogens is 1. The number of unbranched alkanes of at least 4 members (excludes halogenated alkanes) is 3. The number of nitrogens with one attached hydrogen (secondary N) is 4. The molecule has 0 spiro atoms. The van der Waals surface area contributed by atoms with Crippen LogP contribution in [0.1, 0.15) is 151 Å². The lowest BCUT2D eigenvalue weighted by molar-refractivity contribution is -0.384. The number of anilines is 2. The van der Waals surface area contributed by atoms with Crippen molar-refractivity contribution in [3.05, 3.63) is 170 Å². The van der Waals surface area contributed by atoms with Gasteiger partial charge in [-0.25, -0.2) is 18.1 Å². The van der Waals surface area contributed by atoms with Gasteiger partial charge >= 0.3 is 0 Å². The van der Waals surface area contributed by atoms with E-state index in [-0.39, 0.29) is 65.9 Å². The molecule has 2 aliphatic carbocycles. The molecule has 1 aromatic heterocycles. The third-order valence-electron chi connectivity index (χ3n) is 21.7. The topological polar surface area (TPSA) is 263 Å². The SMILES string of the molecule is Cc1ncsc1-c1ccc([C@H](C)NC(=O)[C@@H]2C[C@@H](O)CN2C(=O)[C@@H](NC(=O)CCCCCCC(=O)N2CCN(CC3(C)CCC(c4ccc(Cl)cc4)=C(CN4CCN(c5ccc(C(=O)NS(=O)(=O)c6ccc(N[C@H](CCN(C)C7CC7)CSc7ccccc7)c([N+](=O)[O-])c6)cc5)CC4)C3)CC2)C(C)(C)C)cc1. The molecule has 3 saturated heterocycles. The third-order valence-corrected chi connectivity index (χ3v) is 25.4. The van der Waals surface area contributed by atoms with Crippen LogP contribution >= 0.6 is 34.7 Å². The first-order valence-electron chi connectivity index (χ1n) is 37.8. The molecule has 4 fully saturated rings. The molecular formula is C81H105ClN12O10S3. The molecule has 0 radical (unpaired) electrons. The number of likely N-dealkylation sites (tertiary alicyclic amines) is 1. The molecule has 5 amide bonds. The van der Waals surface area contributed by atoms with Crippen LogP contribution in [0.15, 0.2) is 142 Å². The minimum Gasteiger partial charge on any atom is -0.391 e. The maximum Gasteiger partial charge on any atom is 0.293 e. The van der Waals surface area contributed by atoms with Crippen molar-refractivity contribution in [2.75, 3.05) is 102 Å². The summed E-state index contributed by atoms with van der Waals surface area (Å²) < 4.78 is 29.6. The summed E-state index contributed by atoms with van der Waals surface area (Å²) in [7, 11) is -2.41. The van der Waals surface area contributed by atoms with E-state index < -0.39 is 60.9 Å². The number of nitro groups is 1. The number of sulfonamides is 1. The van der Waals surface area contributed by atoms with E-state index in [0.717, 1.165) is 149 Å². The van der Waals surface area contributed by atoms with E-state index in [9.17, 15) is 47.6 Å². The highest BCUT2D eigenvalue weighted by molar-refractivity contribution is 7.99. The van der Waals surface area contributed by atoms with Crippen molar-refractivity contribution in [3.63, 3.8) is 0 Å². The zero-order valence-corrected chi connectivity index (χ0v) is 66.0. The van der Waals surface area contributed by atoms with Gasteiger partial charge in [0, 0.05) is 143 Å². The fourth-order valence-corrected chi connectivity index (χ4v) is 18.2. The summed E-state index contributed by atoms with van der Waals surface area (Å²) in [6.45, 7) is 20.5. The molecule has 5 aromatic carbocycles. The monoisotopic (exact) mass is 1540 g/mol. The molecule has 6 aromatic rings. The quantitative estimate of drug-likeness (QED) is 0.0114. The molecule has 1 unspecified atom stereocenters. The summed E-state index contributed by atoms with van der Waals surface area (Å²) in [4.78, 5) is 99.9. The molecule has 3 aliphatic heterocycles. The Bertz CT molecular complexity index is 4220. The van der Waals surface area contributed by atoms with Gasteiger partial charge in [-0.2, -0.15) is 0 Å². The summed E-state index contributed by atoms with van der Waals surface area (Å²) in [5.74, 6) is -1.08. The van der Waals surface area contributed by atoms with Crippen molar-refractivity contribution in [2.24, 2.45) is 10.8 Å². The number of benzene rings is 5. The minimum absolute atomic E-state index is 0.00826. The van der Waals surface area contributed by atoms with Gasteiger partial charge in [-0.3, -0.25) is 43.9 Å². The predicted octanol–water partition coefficient (Wildman–Crippen LogP) is 12.5. The van der Waals surface area contributed by atoms with Gasteiger partial charge in [-0.1, -0.05) is 112 Å². The Morgan fingerprint density at radius 1 is 0.841 bits per heavy atom. The minimum atomic E-state index is -4.50. The Balaban J connectivity index is 0.604. The molecule has 5 N–H and O–H groups in total. The Morgan fingerprint density at radius 3 is 2.17 bits per heavy atom. The number of carbonyl (C=O) groups is 5. The number of hydrogen-bond donors (Lipinski definition) is 5. The number of hydrogen-bond acceptors (Lipinski definition) is 18. The number of aliphatic hydroxyl groups excluding tert-OH is 1. The van der Waals surface area contributed by atoms with Crippen LogP contribution in [0.25, 0.3) is 16.0 Å². The van der Waals surface area contributed by atoms with Gasteiger partial charge in [0.25, 0.3) is 21.6 Å². The average Bonchev–Trinajstić information content (AvgIpc) is 1.49. The number of rotatable bonds is 32. The van der Waals surface area contributed by atoms with Crippen molar-refractivity contribution in [1.29, 1.82) is 0 Å². The van der Waals surface area contributed by atoms with Crippen LogP contribution in [-0.4, -0.2) is 199 Å². The number of allylic oxidation sites excluding steroid dienone is 1. The summed E-state index contributed by atoms with van der Waals surface area (Å²) in [5, 5.41) is 33.4. The highest BCUT2D eigenvalue weighted by atomic mass is 35.5. The second kappa shape index (κ2) is 36.2. The highest BCUT2D eigenvalue weighted by Crippen LogP contribution is 2.45. The van der Waals surface area contributed by atoms with E-state index in [2.05, 4.69) is 71.4 Å². The van der Waals surface area contributed by atoms with E-state index >= 15 is 0 Å². The predicted molar refractivity (Wildman–Crippen MR) is 425 cm³/mol. The number of nitrogens with zero attached hydrogens (tertiary/aromatic N) is 8. The van der Waals surface area contributed by atoms with Crippen molar-refractivity contribution in [1.82, 2.24) is 44.8 Å². The molecule has 1 saturated carbocycles. The highest BCUT2D eigenvalue weighted by Gasteiger charge is 2.45. The van der Waals surface area contributed by atoms with Gasteiger partial charge < -0.3 is 40.7 Å². The molecule has 26 heteroatoms. The summed E-state index contributed by atoms with van der Waals surface area (Å²) in [5.41, 5.74) is 8.89. The van der Waals surface area contributed by atoms with Gasteiger partial charge in [0.1, 0.15) is 17.8 Å². The fourth-order valence-electron chi connectivity index (χ4n) is 15.3. The lowest BCUT2D eigenvalue weighted by Gasteiger charge is -2.44. The van der Waals surface area contributed by atoms with Crippen molar-refractivity contribution >= 4 is 96.9 Å². The van der Waals surface area contributed by atoms with Gasteiger partial charge in [0.15, 0.2) is 0 Å². The maximum atomic E-state index is 14.3. The average molecular weight is 1540 g/mol. The number of aryl methyl sites for hydroxylation is 1. The number of amides is 5. The number of carbonyl (C=O) groups excluding carboxylic acids is 5. The van der Waals surface area contributed by atoms with E-state index in [0.29, 0.717) is 49.2 Å². The Labute approximate surface area is 644 Å².